The van der Waals surface area contributed by atoms with E-state index in [0.29, 0.717) is 6.04 Å². The third-order valence-electron chi connectivity index (χ3n) is 3.16. The van der Waals surface area contributed by atoms with Gasteiger partial charge in [-0.05, 0) is 30.4 Å². The predicted molar refractivity (Wildman–Crippen MR) is 69.2 cm³/mol. The van der Waals surface area contributed by atoms with E-state index in [0.717, 1.165) is 12.5 Å². The van der Waals surface area contributed by atoms with Crippen molar-refractivity contribution in [1.82, 2.24) is 10.3 Å². The summed E-state index contributed by atoms with van der Waals surface area (Å²) in [5.74, 6) is 0.756. The van der Waals surface area contributed by atoms with Crippen molar-refractivity contribution < 1.29 is 0 Å². The van der Waals surface area contributed by atoms with Crippen LogP contribution in [0.25, 0.3) is 0 Å². The number of nitrogens with one attached hydrogen (secondary N) is 1. The Hall–Kier alpha value is -0.890. The quantitative estimate of drug-likeness (QED) is 0.762. The second-order valence-corrected chi connectivity index (χ2v) is 4.52. The molecule has 2 atom stereocenters. The maximum Gasteiger partial charge on any atom is 0.0312 e. The second kappa shape index (κ2) is 7.39. The fourth-order valence-corrected chi connectivity index (χ4v) is 2.16. The first kappa shape index (κ1) is 13.2. The monoisotopic (exact) mass is 220 g/mol. The fraction of sp³-hybridized carbons (Fsp3) is 0.643. The Bertz CT molecular complexity index is 271. The number of aromatic nitrogens is 1. The highest BCUT2D eigenvalue weighted by molar-refractivity contribution is 5.08. The van der Waals surface area contributed by atoms with E-state index in [2.05, 4.69) is 37.1 Å². The largest absolute Gasteiger partial charge is 0.310 e. The lowest BCUT2D eigenvalue weighted by atomic mass is 9.95. The van der Waals surface area contributed by atoms with E-state index in [1.807, 2.05) is 18.5 Å². The highest BCUT2D eigenvalue weighted by atomic mass is 14.9. The SMILES string of the molecule is CCCC(C)C(CC)NCc1cccnc1. The average molecular weight is 220 g/mol. The van der Waals surface area contributed by atoms with Crippen molar-refractivity contribution in [3.8, 4) is 0 Å². The van der Waals surface area contributed by atoms with Crippen LogP contribution in [-0.4, -0.2) is 11.0 Å². The average Bonchev–Trinajstić information content (AvgIpc) is 2.31. The Morgan fingerprint density at radius 2 is 2.19 bits per heavy atom. The van der Waals surface area contributed by atoms with E-state index in [1.54, 1.807) is 0 Å². The van der Waals surface area contributed by atoms with Crippen LogP contribution in [-0.2, 0) is 6.54 Å². The van der Waals surface area contributed by atoms with Gasteiger partial charge in [-0.2, -0.15) is 0 Å². The molecule has 0 aliphatic rings. The number of nitrogens with zero attached hydrogens (tertiary/aromatic N) is 1. The first-order chi connectivity index (χ1) is 7.77. The molecule has 1 aromatic rings. The molecular formula is C14H24N2. The molecule has 0 saturated heterocycles. The van der Waals surface area contributed by atoms with E-state index in [9.17, 15) is 0 Å². The minimum Gasteiger partial charge on any atom is -0.310 e. The van der Waals surface area contributed by atoms with Gasteiger partial charge in [0.1, 0.15) is 0 Å². The van der Waals surface area contributed by atoms with Crippen LogP contribution >= 0.6 is 0 Å². The zero-order valence-electron chi connectivity index (χ0n) is 10.7. The van der Waals surface area contributed by atoms with Gasteiger partial charge >= 0.3 is 0 Å². The van der Waals surface area contributed by atoms with Gasteiger partial charge in [-0.3, -0.25) is 4.98 Å². The first-order valence-electron chi connectivity index (χ1n) is 6.40. The lowest BCUT2D eigenvalue weighted by molar-refractivity contribution is 0.344. The molecule has 0 aliphatic heterocycles. The van der Waals surface area contributed by atoms with Crippen LogP contribution in [0.15, 0.2) is 24.5 Å². The number of hydrogen-bond donors (Lipinski definition) is 1. The Morgan fingerprint density at radius 3 is 2.75 bits per heavy atom. The van der Waals surface area contributed by atoms with Crippen molar-refractivity contribution in [3.05, 3.63) is 30.1 Å². The molecule has 1 N–H and O–H groups in total. The van der Waals surface area contributed by atoms with Crippen LogP contribution in [0, 0.1) is 5.92 Å². The third kappa shape index (κ3) is 4.31. The van der Waals surface area contributed by atoms with Crippen molar-refractivity contribution in [2.45, 2.75) is 52.6 Å². The molecule has 2 unspecified atom stereocenters. The van der Waals surface area contributed by atoms with E-state index in [1.165, 1.54) is 24.8 Å². The van der Waals surface area contributed by atoms with E-state index in [-0.39, 0.29) is 0 Å². The molecule has 0 saturated carbocycles. The molecule has 0 aliphatic carbocycles. The molecule has 0 bridgehead atoms. The summed E-state index contributed by atoms with van der Waals surface area (Å²) < 4.78 is 0. The van der Waals surface area contributed by atoms with Gasteiger partial charge in [-0.25, -0.2) is 0 Å². The molecule has 90 valence electrons. The van der Waals surface area contributed by atoms with Crippen molar-refractivity contribution in [2.24, 2.45) is 5.92 Å². The Morgan fingerprint density at radius 1 is 1.38 bits per heavy atom. The van der Waals surface area contributed by atoms with Gasteiger partial charge in [0.05, 0.1) is 0 Å². The van der Waals surface area contributed by atoms with Crippen LogP contribution in [0.3, 0.4) is 0 Å². The van der Waals surface area contributed by atoms with Crippen molar-refractivity contribution in [3.63, 3.8) is 0 Å². The molecule has 2 heteroatoms. The minimum absolute atomic E-state index is 0.625. The summed E-state index contributed by atoms with van der Waals surface area (Å²) in [6.07, 6.45) is 7.52. The van der Waals surface area contributed by atoms with Crippen LogP contribution < -0.4 is 5.32 Å². The molecule has 0 amide bonds. The third-order valence-corrected chi connectivity index (χ3v) is 3.16. The molecule has 1 aromatic heterocycles. The smallest absolute Gasteiger partial charge is 0.0312 e. The maximum absolute atomic E-state index is 4.13. The summed E-state index contributed by atoms with van der Waals surface area (Å²) in [4.78, 5) is 4.13. The molecule has 0 radical (unpaired) electrons. The highest BCUT2D eigenvalue weighted by Crippen LogP contribution is 2.13. The summed E-state index contributed by atoms with van der Waals surface area (Å²) in [6, 6.07) is 4.74. The fourth-order valence-electron chi connectivity index (χ4n) is 2.16. The number of pyridine rings is 1. The zero-order chi connectivity index (χ0) is 11.8. The Kier molecular flexibility index (Phi) is 6.09. The summed E-state index contributed by atoms with van der Waals surface area (Å²) in [7, 11) is 0. The van der Waals surface area contributed by atoms with E-state index < -0.39 is 0 Å². The molecular weight excluding hydrogens is 196 g/mol. The summed E-state index contributed by atoms with van der Waals surface area (Å²) in [5.41, 5.74) is 1.27. The molecule has 0 spiro atoms. The topological polar surface area (TPSA) is 24.9 Å². The van der Waals surface area contributed by atoms with Gasteiger partial charge in [0.15, 0.2) is 0 Å². The van der Waals surface area contributed by atoms with Crippen LogP contribution in [0.1, 0.15) is 45.6 Å². The van der Waals surface area contributed by atoms with E-state index in [4.69, 9.17) is 0 Å². The van der Waals surface area contributed by atoms with Gasteiger partial charge in [0.25, 0.3) is 0 Å². The van der Waals surface area contributed by atoms with Crippen molar-refractivity contribution >= 4 is 0 Å². The van der Waals surface area contributed by atoms with Gasteiger partial charge < -0.3 is 5.32 Å². The number of hydrogen-bond acceptors (Lipinski definition) is 2. The molecule has 0 aromatic carbocycles. The highest BCUT2D eigenvalue weighted by Gasteiger charge is 2.13. The normalized spacial score (nSPS) is 14.7. The predicted octanol–water partition coefficient (Wildman–Crippen LogP) is 3.39. The van der Waals surface area contributed by atoms with Crippen molar-refractivity contribution in [1.29, 1.82) is 0 Å². The Balaban J connectivity index is 2.39. The van der Waals surface area contributed by atoms with Gasteiger partial charge in [0, 0.05) is 25.0 Å². The number of rotatable bonds is 7. The molecule has 0 fully saturated rings. The minimum atomic E-state index is 0.625. The molecule has 1 rings (SSSR count). The molecule has 16 heavy (non-hydrogen) atoms. The Labute approximate surface area is 99.5 Å². The lowest BCUT2D eigenvalue weighted by Crippen LogP contribution is -2.33. The van der Waals surface area contributed by atoms with Gasteiger partial charge in [0.2, 0.25) is 0 Å². The second-order valence-electron chi connectivity index (χ2n) is 4.52. The standard InChI is InChI=1S/C14H24N2/c1-4-7-12(3)14(5-2)16-11-13-8-6-9-15-10-13/h6,8-10,12,14,16H,4-5,7,11H2,1-3H3. The van der Waals surface area contributed by atoms with Crippen LogP contribution in [0.5, 0.6) is 0 Å². The van der Waals surface area contributed by atoms with Crippen molar-refractivity contribution in [2.75, 3.05) is 0 Å². The van der Waals surface area contributed by atoms with E-state index >= 15 is 0 Å². The maximum atomic E-state index is 4.13. The summed E-state index contributed by atoms with van der Waals surface area (Å²) in [5, 5.41) is 3.63. The summed E-state index contributed by atoms with van der Waals surface area (Å²) in [6.45, 7) is 7.78. The first-order valence-corrected chi connectivity index (χ1v) is 6.40. The van der Waals surface area contributed by atoms with Crippen LogP contribution in [0.2, 0.25) is 0 Å². The van der Waals surface area contributed by atoms with Crippen LogP contribution in [0.4, 0.5) is 0 Å². The summed E-state index contributed by atoms with van der Waals surface area (Å²) >= 11 is 0. The van der Waals surface area contributed by atoms with Gasteiger partial charge in [-0.1, -0.05) is 33.3 Å². The molecule has 2 nitrogen and oxygen atoms in total. The lowest BCUT2D eigenvalue weighted by Gasteiger charge is -2.23. The van der Waals surface area contributed by atoms with Gasteiger partial charge in [-0.15, -0.1) is 0 Å². The zero-order valence-corrected chi connectivity index (χ0v) is 10.7. The molecule has 1 heterocycles.